The Morgan fingerprint density at radius 3 is 2.91 bits per heavy atom. The molecule has 0 aliphatic rings. The first-order valence-corrected chi connectivity index (χ1v) is 7.32. The van der Waals surface area contributed by atoms with Crippen LogP contribution in [0.3, 0.4) is 0 Å². The predicted octanol–water partition coefficient (Wildman–Crippen LogP) is 1.18. The number of nitrogens with one attached hydrogen (secondary N) is 2. The topological polar surface area (TPSA) is 92.1 Å². The van der Waals surface area contributed by atoms with Gasteiger partial charge in [0.1, 0.15) is 18.0 Å². The molecule has 124 valence electrons. The highest BCUT2D eigenvalue weighted by Gasteiger charge is 2.11. The van der Waals surface area contributed by atoms with Crippen LogP contribution in [0.2, 0.25) is 5.02 Å². The van der Waals surface area contributed by atoms with E-state index in [1.54, 1.807) is 11.7 Å². The molecule has 1 heterocycles. The molecule has 3 N–H and O–H groups in total. The average molecular weight is 342 g/mol. The molecule has 7 nitrogen and oxygen atoms in total. The molecule has 9 heteroatoms. The standard InChI is InChI=1S/C14H17ClFN5O2/c1-21-13(19-8-20-21)4-5-17-14(23)18-7-12(22)9-2-3-10(15)11(16)6-9/h2-3,6,8,12,22H,4-5,7H2,1H3,(H2,17,18,23)/t12-/m0/s1. The van der Waals surface area contributed by atoms with Crippen molar-refractivity contribution in [2.75, 3.05) is 13.1 Å². The molecule has 0 aliphatic heterocycles. The Morgan fingerprint density at radius 2 is 2.26 bits per heavy atom. The van der Waals surface area contributed by atoms with E-state index < -0.39 is 18.0 Å². The van der Waals surface area contributed by atoms with Gasteiger partial charge >= 0.3 is 6.03 Å². The minimum Gasteiger partial charge on any atom is -0.387 e. The van der Waals surface area contributed by atoms with Crippen LogP contribution in [0.25, 0.3) is 0 Å². The zero-order valence-corrected chi connectivity index (χ0v) is 13.2. The lowest BCUT2D eigenvalue weighted by Gasteiger charge is -2.13. The smallest absolute Gasteiger partial charge is 0.314 e. The van der Waals surface area contributed by atoms with Gasteiger partial charge in [-0.05, 0) is 17.7 Å². The summed E-state index contributed by atoms with van der Waals surface area (Å²) in [6.07, 6.45) is 0.956. The largest absolute Gasteiger partial charge is 0.387 e. The molecule has 0 aliphatic carbocycles. The van der Waals surface area contributed by atoms with Crippen molar-refractivity contribution in [3.63, 3.8) is 0 Å². The highest BCUT2D eigenvalue weighted by molar-refractivity contribution is 6.30. The molecule has 0 radical (unpaired) electrons. The van der Waals surface area contributed by atoms with Crippen LogP contribution in [0.15, 0.2) is 24.5 Å². The number of carbonyl (C=O) groups is 1. The third-order valence-electron chi connectivity index (χ3n) is 3.22. The number of aliphatic hydroxyl groups is 1. The van der Waals surface area contributed by atoms with Crippen LogP contribution in [0.4, 0.5) is 9.18 Å². The summed E-state index contributed by atoms with van der Waals surface area (Å²) in [4.78, 5) is 15.7. The van der Waals surface area contributed by atoms with Crippen LogP contribution in [0, 0.1) is 5.82 Å². The van der Waals surface area contributed by atoms with E-state index in [-0.39, 0.29) is 11.6 Å². The summed E-state index contributed by atoms with van der Waals surface area (Å²) in [6, 6.07) is 3.57. The van der Waals surface area contributed by atoms with Gasteiger partial charge in [0.15, 0.2) is 0 Å². The lowest BCUT2D eigenvalue weighted by molar-refractivity contribution is 0.173. The number of aliphatic hydroxyl groups excluding tert-OH is 1. The van der Waals surface area contributed by atoms with Gasteiger partial charge in [-0.15, -0.1) is 0 Å². The van der Waals surface area contributed by atoms with E-state index in [0.29, 0.717) is 18.5 Å². The zero-order chi connectivity index (χ0) is 16.8. The zero-order valence-electron chi connectivity index (χ0n) is 12.5. The van der Waals surface area contributed by atoms with Gasteiger partial charge in [-0.2, -0.15) is 5.10 Å². The molecule has 1 aromatic heterocycles. The van der Waals surface area contributed by atoms with E-state index >= 15 is 0 Å². The Hall–Kier alpha value is -2.19. The van der Waals surface area contributed by atoms with E-state index in [1.165, 1.54) is 18.5 Å². The van der Waals surface area contributed by atoms with Crippen LogP contribution in [-0.2, 0) is 13.5 Å². The van der Waals surface area contributed by atoms with Crippen molar-refractivity contribution in [1.29, 1.82) is 0 Å². The van der Waals surface area contributed by atoms with Crippen LogP contribution < -0.4 is 10.6 Å². The molecule has 2 aromatic rings. The van der Waals surface area contributed by atoms with Gasteiger partial charge < -0.3 is 15.7 Å². The van der Waals surface area contributed by atoms with Gasteiger partial charge in [-0.3, -0.25) is 4.68 Å². The third-order valence-corrected chi connectivity index (χ3v) is 3.53. The van der Waals surface area contributed by atoms with Crippen molar-refractivity contribution >= 4 is 17.6 Å². The number of urea groups is 1. The second-order valence-corrected chi connectivity index (χ2v) is 5.28. The lowest BCUT2D eigenvalue weighted by atomic mass is 10.1. The van der Waals surface area contributed by atoms with Crippen molar-refractivity contribution in [2.24, 2.45) is 7.05 Å². The van der Waals surface area contributed by atoms with Crippen LogP contribution in [0.5, 0.6) is 0 Å². The second-order valence-electron chi connectivity index (χ2n) is 4.88. The molecule has 0 fully saturated rings. The SMILES string of the molecule is Cn1ncnc1CCNC(=O)NC[C@H](O)c1ccc(Cl)c(F)c1. The van der Waals surface area contributed by atoms with Gasteiger partial charge in [0.05, 0.1) is 11.1 Å². The number of halogens is 2. The molecule has 2 rings (SSSR count). The first-order valence-electron chi connectivity index (χ1n) is 6.95. The minimum absolute atomic E-state index is 0.0181. The minimum atomic E-state index is -1.02. The van der Waals surface area contributed by atoms with Crippen molar-refractivity contribution in [2.45, 2.75) is 12.5 Å². The highest BCUT2D eigenvalue weighted by atomic mass is 35.5. The van der Waals surface area contributed by atoms with Crippen LogP contribution >= 0.6 is 11.6 Å². The molecule has 0 saturated heterocycles. The number of hydrogen-bond acceptors (Lipinski definition) is 4. The van der Waals surface area contributed by atoms with E-state index in [1.807, 2.05) is 0 Å². The molecular weight excluding hydrogens is 325 g/mol. The van der Waals surface area contributed by atoms with Gasteiger partial charge in [-0.25, -0.2) is 14.2 Å². The summed E-state index contributed by atoms with van der Waals surface area (Å²) >= 11 is 5.58. The quantitative estimate of drug-likeness (QED) is 0.735. The number of aryl methyl sites for hydroxylation is 1. The van der Waals surface area contributed by atoms with Gasteiger partial charge in [0, 0.05) is 26.6 Å². The van der Waals surface area contributed by atoms with E-state index in [0.717, 1.165) is 11.9 Å². The van der Waals surface area contributed by atoms with E-state index in [2.05, 4.69) is 20.7 Å². The Balaban J connectivity index is 1.73. The Kier molecular flexibility index (Phi) is 5.89. The molecule has 1 atom stereocenters. The average Bonchev–Trinajstić information content (AvgIpc) is 2.93. The Morgan fingerprint density at radius 1 is 1.48 bits per heavy atom. The Bertz CT molecular complexity index is 679. The normalized spacial score (nSPS) is 12.0. The monoisotopic (exact) mass is 341 g/mol. The summed E-state index contributed by atoms with van der Waals surface area (Å²) in [5, 5.41) is 19.0. The second kappa shape index (κ2) is 7.89. The molecular formula is C14H17ClFN5O2. The number of carbonyl (C=O) groups excluding carboxylic acids is 1. The van der Waals surface area contributed by atoms with Gasteiger partial charge in [-0.1, -0.05) is 17.7 Å². The Labute approximate surface area is 137 Å². The van der Waals surface area contributed by atoms with Gasteiger partial charge in [0.2, 0.25) is 0 Å². The number of hydrogen-bond donors (Lipinski definition) is 3. The molecule has 0 saturated carbocycles. The molecule has 0 spiro atoms. The maximum Gasteiger partial charge on any atom is 0.314 e. The third kappa shape index (κ3) is 4.90. The van der Waals surface area contributed by atoms with E-state index in [4.69, 9.17) is 11.6 Å². The van der Waals surface area contributed by atoms with Crippen molar-refractivity contribution < 1.29 is 14.3 Å². The number of aromatic nitrogens is 3. The maximum absolute atomic E-state index is 13.3. The number of amides is 2. The van der Waals surface area contributed by atoms with Crippen molar-refractivity contribution in [3.8, 4) is 0 Å². The molecule has 0 unspecified atom stereocenters. The fourth-order valence-electron chi connectivity index (χ4n) is 1.92. The fourth-order valence-corrected chi connectivity index (χ4v) is 2.04. The summed E-state index contributed by atoms with van der Waals surface area (Å²) in [6.45, 7) is 0.334. The molecule has 1 aromatic carbocycles. The lowest BCUT2D eigenvalue weighted by Crippen LogP contribution is -2.38. The van der Waals surface area contributed by atoms with E-state index in [9.17, 15) is 14.3 Å². The summed E-state index contributed by atoms with van der Waals surface area (Å²) in [5.41, 5.74) is 0.339. The number of nitrogens with zero attached hydrogens (tertiary/aromatic N) is 3. The maximum atomic E-state index is 13.3. The molecule has 0 bridgehead atoms. The predicted molar refractivity (Wildman–Crippen MR) is 82.5 cm³/mol. The highest BCUT2D eigenvalue weighted by Crippen LogP contribution is 2.19. The van der Waals surface area contributed by atoms with Gasteiger partial charge in [0.25, 0.3) is 0 Å². The molecule has 2 amide bonds. The first kappa shape index (κ1) is 17.2. The first-order chi connectivity index (χ1) is 11.0. The fraction of sp³-hybridized carbons (Fsp3) is 0.357. The van der Waals surface area contributed by atoms with Crippen LogP contribution in [-0.4, -0.2) is 39.0 Å². The van der Waals surface area contributed by atoms with Crippen LogP contribution in [0.1, 0.15) is 17.5 Å². The summed E-state index contributed by atoms with van der Waals surface area (Å²) < 4.78 is 14.9. The summed E-state index contributed by atoms with van der Waals surface area (Å²) in [5.74, 6) is 0.137. The molecule has 23 heavy (non-hydrogen) atoms. The van der Waals surface area contributed by atoms with Crippen molar-refractivity contribution in [1.82, 2.24) is 25.4 Å². The number of benzene rings is 1. The van der Waals surface area contributed by atoms with Crippen molar-refractivity contribution in [3.05, 3.63) is 46.8 Å². The number of rotatable bonds is 6. The summed E-state index contributed by atoms with van der Waals surface area (Å²) in [7, 11) is 1.77.